The van der Waals surface area contributed by atoms with Crippen LogP contribution in [-0.2, 0) is 29.2 Å². The van der Waals surface area contributed by atoms with Gasteiger partial charge in [-0.2, -0.15) is 5.10 Å². The van der Waals surface area contributed by atoms with E-state index in [1.54, 1.807) is 0 Å². The Bertz CT molecular complexity index is 682. The normalized spacial score (nSPS) is 22.8. The fourth-order valence-corrected chi connectivity index (χ4v) is 3.83. The van der Waals surface area contributed by atoms with Gasteiger partial charge in [-0.3, -0.25) is 14.6 Å². The first kappa shape index (κ1) is 16.7. The fraction of sp³-hybridized carbons (Fsp3) is 0.579. The van der Waals surface area contributed by atoms with Gasteiger partial charge in [-0.05, 0) is 25.5 Å². The number of hydrogen-bond acceptors (Lipinski definition) is 5. The van der Waals surface area contributed by atoms with E-state index in [4.69, 9.17) is 9.47 Å². The van der Waals surface area contributed by atoms with Crippen molar-refractivity contribution in [3.63, 3.8) is 0 Å². The molecule has 6 nitrogen and oxygen atoms in total. The first-order valence-corrected chi connectivity index (χ1v) is 9.14. The van der Waals surface area contributed by atoms with E-state index in [9.17, 15) is 0 Å². The maximum atomic E-state index is 6.12. The van der Waals surface area contributed by atoms with Crippen LogP contribution >= 0.6 is 0 Å². The lowest BCUT2D eigenvalue weighted by atomic mass is 9.84. The third-order valence-corrected chi connectivity index (χ3v) is 5.08. The summed E-state index contributed by atoms with van der Waals surface area (Å²) in [5, 5.41) is 4.35. The zero-order chi connectivity index (χ0) is 17.1. The zero-order valence-corrected chi connectivity index (χ0v) is 14.8. The summed E-state index contributed by atoms with van der Waals surface area (Å²) < 4.78 is 14.2. The van der Waals surface area contributed by atoms with Crippen LogP contribution in [-0.4, -0.2) is 51.1 Å². The minimum Gasteiger partial charge on any atom is -0.372 e. The molecule has 2 fully saturated rings. The van der Waals surface area contributed by atoms with Gasteiger partial charge in [0.05, 0.1) is 30.2 Å². The summed E-state index contributed by atoms with van der Waals surface area (Å²) in [7, 11) is 0. The van der Waals surface area contributed by atoms with Gasteiger partial charge < -0.3 is 9.47 Å². The highest BCUT2D eigenvalue weighted by Gasteiger charge is 2.47. The monoisotopic (exact) mass is 342 g/mol. The minimum atomic E-state index is -0.0201. The Hall–Kier alpha value is -1.76. The largest absolute Gasteiger partial charge is 0.372 e. The number of likely N-dealkylation sites (tertiary alicyclic amines) is 1. The lowest BCUT2D eigenvalue weighted by Crippen LogP contribution is -2.65. The van der Waals surface area contributed by atoms with Gasteiger partial charge in [-0.25, -0.2) is 0 Å². The molecule has 0 amide bonds. The molecule has 0 N–H and O–H groups in total. The van der Waals surface area contributed by atoms with Crippen molar-refractivity contribution in [2.24, 2.45) is 0 Å². The Labute approximate surface area is 148 Å². The van der Waals surface area contributed by atoms with Crippen molar-refractivity contribution in [3.8, 4) is 0 Å². The van der Waals surface area contributed by atoms with E-state index in [0.29, 0.717) is 6.61 Å². The first-order valence-electron chi connectivity index (χ1n) is 9.14. The summed E-state index contributed by atoms with van der Waals surface area (Å²) in [6, 6.07) is 5.94. The molecule has 2 aliphatic rings. The quantitative estimate of drug-likeness (QED) is 0.806. The van der Waals surface area contributed by atoms with Crippen molar-refractivity contribution in [1.29, 1.82) is 0 Å². The molecule has 4 heterocycles. The van der Waals surface area contributed by atoms with E-state index in [2.05, 4.69) is 28.1 Å². The molecule has 0 aromatic carbocycles. The predicted octanol–water partition coefficient (Wildman–Crippen LogP) is 2.25. The molecule has 0 aliphatic carbocycles. The Morgan fingerprint density at radius 2 is 2.28 bits per heavy atom. The second-order valence-electron chi connectivity index (χ2n) is 7.13. The van der Waals surface area contributed by atoms with Gasteiger partial charge in [0.25, 0.3) is 0 Å². The Kier molecular flexibility index (Phi) is 4.83. The number of aromatic nitrogens is 3. The molecule has 1 atom stereocenters. The van der Waals surface area contributed by atoms with Gasteiger partial charge >= 0.3 is 0 Å². The molecule has 0 radical (unpaired) electrons. The van der Waals surface area contributed by atoms with Gasteiger partial charge in [-0.1, -0.05) is 6.07 Å². The van der Waals surface area contributed by atoms with E-state index in [1.807, 2.05) is 35.3 Å². The topological polar surface area (TPSA) is 52.4 Å². The summed E-state index contributed by atoms with van der Waals surface area (Å²) in [6.45, 7) is 7.31. The molecule has 1 spiro atoms. The summed E-state index contributed by atoms with van der Waals surface area (Å²) >= 11 is 0. The molecule has 0 saturated carbocycles. The lowest BCUT2D eigenvalue weighted by molar-refractivity contribution is -0.200. The molecule has 0 unspecified atom stereocenters. The van der Waals surface area contributed by atoms with Crippen molar-refractivity contribution in [2.75, 3.05) is 19.7 Å². The van der Waals surface area contributed by atoms with Crippen molar-refractivity contribution >= 4 is 0 Å². The molecular formula is C19H26N4O2. The van der Waals surface area contributed by atoms with Crippen molar-refractivity contribution in [2.45, 2.75) is 51.2 Å². The second kappa shape index (κ2) is 7.23. The molecule has 2 aromatic heterocycles. The molecule has 0 bridgehead atoms. The summed E-state index contributed by atoms with van der Waals surface area (Å²) in [5.74, 6) is 0. The van der Waals surface area contributed by atoms with Crippen molar-refractivity contribution in [1.82, 2.24) is 19.7 Å². The van der Waals surface area contributed by atoms with Gasteiger partial charge in [0.2, 0.25) is 0 Å². The van der Waals surface area contributed by atoms with Crippen LogP contribution in [0.25, 0.3) is 0 Å². The summed E-state index contributed by atoms with van der Waals surface area (Å²) in [5.41, 5.74) is 2.25. The van der Waals surface area contributed by atoms with Gasteiger partial charge in [-0.15, -0.1) is 0 Å². The number of rotatable bonds is 6. The highest BCUT2D eigenvalue weighted by Crippen LogP contribution is 2.36. The van der Waals surface area contributed by atoms with Gasteiger partial charge in [0.1, 0.15) is 0 Å². The smallest absolute Gasteiger partial charge is 0.0959 e. The van der Waals surface area contributed by atoms with Crippen molar-refractivity contribution in [3.05, 3.63) is 48.0 Å². The fourth-order valence-electron chi connectivity index (χ4n) is 3.83. The molecule has 6 heteroatoms. The second-order valence-corrected chi connectivity index (χ2v) is 7.13. The van der Waals surface area contributed by atoms with Crippen LogP contribution in [0.15, 0.2) is 36.8 Å². The maximum Gasteiger partial charge on any atom is 0.0959 e. The standard InChI is InChI=1S/C19H26N4O2/c1-2-23-12-16(10-21-23)11-22-14-19(15-22)9-18(6-8-25-19)24-13-17-5-3-4-7-20-17/h3-5,7,10,12,18H,2,6,8-9,11,13-15H2,1H3/t18-/m1/s1. The SMILES string of the molecule is CCn1cc(CN2CC3(C[C@H](OCc4ccccn4)CCO3)C2)cn1. The summed E-state index contributed by atoms with van der Waals surface area (Å²) in [4.78, 5) is 6.76. The van der Waals surface area contributed by atoms with E-state index < -0.39 is 0 Å². The molecule has 2 aliphatic heterocycles. The predicted molar refractivity (Wildman–Crippen MR) is 93.9 cm³/mol. The Morgan fingerprint density at radius 1 is 1.36 bits per heavy atom. The minimum absolute atomic E-state index is 0.0201. The number of ether oxygens (including phenoxy) is 2. The number of aryl methyl sites for hydroxylation is 1. The van der Waals surface area contributed by atoms with Crippen LogP contribution in [0, 0.1) is 0 Å². The van der Waals surface area contributed by atoms with E-state index in [-0.39, 0.29) is 11.7 Å². The number of pyridine rings is 1. The van der Waals surface area contributed by atoms with Crippen LogP contribution in [0.3, 0.4) is 0 Å². The molecule has 2 saturated heterocycles. The van der Waals surface area contributed by atoms with Crippen LogP contribution in [0.4, 0.5) is 0 Å². The Balaban J connectivity index is 1.26. The first-order chi connectivity index (χ1) is 12.2. The van der Waals surface area contributed by atoms with Crippen LogP contribution in [0.2, 0.25) is 0 Å². The molecular weight excluding hydrogens is 316 g/mol. The van der Waals surface area contributed by atoms with E-state index in [1.165, 1.54) is 5.56 Å². The average Bonchev–Trinajstić information content (AvgIpc) is 3.08. The van der Waals surface area contributed by atoms with E-state index in [0.717, 1.165) is 51.3 Å². The van der Waals surface area contributed by atoms with E-state index >= 15 is 0 Å². The average molecular weight is 342 g/mol. The Morgan fingerprint density at radius 3 is 3.04 bits per heavy atom. The van der Waals surface area contributed by atoms with Crippen LogP contribution in [0.5, 0.6) is 0 Å². The molecule has 2 aromatic rings. The number of hydrogen-bond donors (Lipinski definition) is 0. The molecule has 25 heavy (non-hydrogen) atoms. The van der Waals surface area contributed by atoms with Crippen LogP contribution in [0.1, 0.15) is 31.0 Å². The van der Waals surface area contributed by atoms with Crippen LogP contribution < -0.4 is 0 Å². The van der Waals surface area contributed by atoms with Crippen molar-refractivity contribution < 1.29 is 9.47 Å². The third kappa shape index (κ3) is 3.92. The summed E-state index contributed by atoms with van der Waals surface area (Å²) in [6.07, 6.45) is 8.12. The maximum absolute atomic E-state index is 6.12. The highest BCUT2D eigenvalue weighted by molar-refractivity contribution is 5.08. The molecule has 134 valence electrons. The van der Waals surface area contributed by atoms with Gasteiger partial charge in [0.15, 0.2) is 0 Å². The lowest BCUT2D eigenvalue weighted by Gasteiger charge is -2.53. The third-order valence-electron chi connectivity index (χ3n) is 5.08. The zero-order valence-electron chi connectivity index (χ0n) is 14.8. The molecule has 4 rings (SSSR count). The van der Waals surface area contributed by atoms with Gasteiger partial charge in [0, 0.05) is 57.2 Å². The highest BCUT2D eigenvalue weighted by atomic mass is 16.5. The number of nitrogens with zero attached hydrogens (tertiary/aromatic N) is 4.